The maximum absolute atomic E-state index is 13.4. The van der Waals surface area contributed by atoms with E-state index in [0.29, 0.717) is 44.2 Å². The van der Waals surface area contributed by atoms with Gasteiger partial charge in [-0.1, -0.05) is 18.2 Å². The van der Waals surface area contributed by atoms with E-state index in [0.717, 1.165) is 10.5 Å². The number of alkyl halides is 6. The number of rotatable bonds is 6. The Morgan fingerprint density at radius 1 is 1.03 bits per heavy atom. The molecular weight excluding hydrogens is 530 g/mol. The predicted molar refractivity (Wildman–Crippen MR) is 129 cm³/mol. The van der Waals surface area contributed by atoms with Crippen molar-refractivity contribution in [2.24, 2.45) is 0 Å². The van der Waals surface area contributed by atoms with Crippen molar-refractivity contribution >= 4 is 11.9 Å². The number of halogens is 6. The molecule has 0 N–H and O–H groups in total. The van der Waals surface area contributed by atoms with E-state index in [9.17, 15) is 31.1 Å². The Labute approximate surface area is 220 Å². The highest BCUT2D eigenvalue weighted by atomic mass is 19.4. The fourth-order valence-electron chi connectivity index (χ4n) is 3.93. The summed E-state index contributed by atoms with van der Waals surface area (Å²) in [6.45, 7) is 3.18. The van der Waals surface area contributed by atoms with Gasteiger partial charge in [0.2, 0.25) is 11.8 Å². The second-order valence-electron chi connectivity index (χ2n) is 8.93. The third kappa shape index (κ3) is 6.77. The largest absolute Gasteiger partial charge is 0.438 e. The number of nitrogens with zero attached hydrogens (tertiary/aromatic N) is 4. The smallest absolute Gasteiger partial charge is 0.416 e. The fraction of sp³-hybridized carbons (Fsp3) is 0.346. The summed E-state index contributed by atoms with van der Waals surface area (Å²) in [5.41, 5.74) is -2.63. The maximum atomic E-state index is 13.4. The molecule has 2 aromatic carbocycles. The van der Waals surface area contributed by atoms with Crippen molar-refractivity contribution in [1.82, 2.24) is 14.9 Å². The van der Waals surface area contributed by atoms with Gasteiger partial charge in [0.15, 0.2) is 0 Å². The molecule has 1 aromatic heterocycles. The number of hydrogen-bond donors (Lipinski definition) is 0. The molecule has 39 heavy (non-hydrogen) atoms. The number of carbonyl (C=O) groups excluding carboxylic acids is 1. The normalized spacial score (nSPS) is 14.3. The van der Waals surface area contributed by atoms with E-state index >= 15 is 0 Å². The van der Waals surface area contributed by atoms with Gasteiger partial charge in [-0.15, -0.1) is 0 Å². The molecule has 0 saturated carbocycles. The molecule has 1 fully saturated rings. The monoisotopic (exact) mass is 554 g/mol. The number of carbonyl (C=O) groups is 1. The van der Waals surface area contributed by atoms with Crippen molar-refractivity contribution in [1.29, 1.82) is 0 Å². The average Bonchev–Trinajstić information content (AvgIpc) is 2.89. The molecule has 1 saturated heterocycles. The van der Waals surface area contributed by atoms with Crippen molar-refractivity contribution in [2.45, 2.75) is 25.8 Å². The standard InChI is InChI=1S/C26H24F6N4O3/c1-16-5-3-4-6-21(16)39-22-20(14-33-24(34-22)36-7-9-38-10-8-36)23(37)35(2)15-17-11-18(25(27,28)29)13-19(12-17)26(30,31)32/h3-6,11-14H,7-10,15H2,1-2H3. The first-order valence-electron chi connectivity index (χ1n) is 11.8. The van der Waals surface area contributed by atoms with Gasteiger partial charge in [0, 0.05) is 32.9 Å². The lowest BCUT2D eigenvalue weighted by Crippen LogP contribution is -2.37. The second-order valence-corrected chi connectivity index (χ2v) is 8.93. The van der Waals surface area contributed by atoms with Crippen LogP contribution in [-0.2, 0) is 23.6 Å². The Kier molecular flexibility index (Phi) is 8.00. The number of hydrogen-bond acceptors (Lipinski definition) is 6. The molecule has 4 rings (SSSR count). The molecule has 0 bridgehead atoms. The van der Waals surface area contributed by atoms with Gasteiger partial charge >= 0.3 is 12.4 Å². The van der Waals surface area contributed by atoms with E-state index in [4.69, 9.17) is 9.47 Å². The van der Waals surface area contributed by atoms with Crippen LogP contribution in [-0.4, -0.2) is 54.1 Å². The van der Waals surface area contributed by atoms with Crippen LogP contribution in [0.1, 0.15) is 32.6 Å². The molecule has 1 aliphatic rings. The van der Waals surface area contributed by atoms with E-state index in [-0.39, 0.29) is 29.0 Å². The maximum Gasteiger partial charge on any atom is 0.416 e. The molecule has 3 aromatic rings. The molecule has 13 heteroatoms. The van der Waals surface area contributed by atoms with Gasteiger partial charge in [0.25, 0.3) is 5.91 Å². The molecule has 0 spiro atoms. The van der Waals surface area contributed by atoms with Gasteiger partial charge in [0.05, 0.1) is 24.3 Å². The quantitative estimate of drug-likeness (QED) is 0.363. The van der Waals surface area contributed by atoms with Crippen molar-refractivity contribution in [3.8, 4) is 11.6 Å². The number of ether oxygens (including phenoxy) is 2. The first-order chi connectivity index (χ1) is 18.3. The third-order valence-corrected chi connectivity index (χ3v) is 5.98. The minimum atomic E-state index is -5.00. The summed E-state index contributed by atoms with van der Waals surface area (Å²) < 4.78 is 91.0. The first-order valence-corrected chi connectivity index (χ1v) is 11.8. The molecule has 0 atom stereocenters. The zero-order chi connectivity index (χ0) is 28.4. The SMILES string of the molecule is Cc1ccccc1Oc1nc(N2CCOCC2)ncc1C(=O)N(C)Cc1cc(C(F)(F)F)cc(C(F)(F)F)c1. The van der Waals surface area contributed by atoms with Crippen molar-refractivity contribution in [3.63, 3.8) is 0 Å². The Balaban J connectivity index is 1.67. The lowest BCUT2D eigenvalue weighted by Gasteiger charge is -2.27. The average molecular weight is 554 g/mol. The van der Waals surface area contributed by atoms with Gasteiger partial charge in [0.1, 0.15) is 11.3 Å². The number of morpholine rings is 1. The summed E-state index contributed by atoms with van der Waals surface area (Å²) in [6.07, 6.45) is -8.77. The lowest BCUT2D eigenvalue weighted by atomic mass is 10.0. The van der Waals surface area contributed by atoms with Crippen molar-refractivity contribution < 1.29 is 40.6 Å². The summed E-state index contributed by atoms with van der Waals surface area (Å²) in [5.74, 6) is -0.155. The fourth-order valence-corrected chi connectivity index (χ4v) is 3.93. The van der Waals surface area contributed by atoms with E-state index in [1.54, 1.807) is 31.2 Å². The summed E-state index contributed by atoms with van der Waals surface area (Å²) in [4.78, 5) is 24.9. The number of benzene rings is 2. The van der Waals surface area contributed by atoms with Crippen LogP contribution in [0, 0.1) is 6.92 Å². The summed E-state index contributed by atoms with van der Waals surface area (Å²) >= 11 is 0. The number of amides is 1. The number of anilines is 1. The Morgan fingerprint density at radius 3 is 2.23 bits per heavy atom. The van der Waals surface area contributed by atoms with E-state index in [2.05, 4.69) is 9.97 Å². The minimum absolute atomic E-state index is 0.0393. The molecule has 0 aliphatic carbocycles. The molecule has 0 radical (unpaired) electrons. The van der Waals surface area contributed by atoms with E-state index < -0.39 is 35.9 Å². The summed E-state index contributed by atoms with van der Waals surface area (Å²) in [5, 5.41) is 0. The predicted octanol–water partition coefficient (Wildman–Crippen LogP) is 5.72. The third-order valence-electron chi connectivity index (χ3n) is 5.98. The number of aromatic nitrogens is 2. The second kappa shape index (κ2) is 11.1. The van der Waals surface area contributed by atoms with Crippen LogP contribution >= 0.6 is 0 Å². The molecular formula is C26H24F6N4O3. The van der Waals surface area contributed by atoms with Gasteiger partial charge in [-0.25, -0.2) is 4.98 Å². The van der Waals surface area contributed by atoms with E-state index in [1.165, 1.54) is 13.2 Å². The lowest BCUT2D eigenvalue weighted by molar-refractivity contribution is -0.143. The Bertz CT molecular complexity index is 1310. The van der Waals surface area contributed by atoms with Crippen molar-refractivity contribution in [2.75, 3.05) is 38.3 Å². The summed E-state index contributed by atoms with van der Waals surface area (Å²) in [7, 11) is 1.25. The molecule has 7 nitrogen and oxygen atoms in total. The Morgan fingerprint density at radius 2 is 1.64 bits per heavy atom. The van der Waals surface area contributed by atoms with Gasteiger partial charge in [-0.2, -0.15) is 31.3 Å². The molecule has 2 heterocycles. The van der Waals surface area contributed by atoms with E-state index in [1.807, 2.05) is 4.90 Å². The number of aryl methyl sites for hydroxylation is 1. The van der Waals surface area contributed by atoms with Crippen LogP contribution in [0.4, 0.5) is 32.3 Å². The molecule has 1 aliphatic heterocycles. The molecule has 0 unspecified atom stereocenters. The highest BCUT2D eigenvalue weighted by Crippen LogP contribution is 2.37. The first kappa shape index (κ1) is 28.1. The van der Waals surface area contributed by atoms with Crippen LogP contribution in [0.5, 0.6) is 11.6 Å². The summed E-state index contributed by atoms with van der Waals surface area (Å²) in [6, 6.07) is 8.20. The minimum Gasteiger partial charge on any atom is -0.438 e. The highest BCUT2D eigenvalue weighted by molar-refractivity contribution is 5.96. The Hall–Kier alpha value is -3.87. The zero-order valence-electron chi connectivity index (χ0n) is 20.9. The van der Waals surface area contributed by atoms with Crippen LogP contribution in [0.3, 0.4) is 0 Å². The van der Waals surface area contributed by atoms with Crippen LogP contribution in [0.2, 0.25) is 0 Å². The topological polar surface area (TPSA) is 67.8 Å². The van der Waals surface area contributed by atoms with Crippen LogP contribution in [0.25, 0.3) is 0 Å². The van der Waals surface area contributed by atoms with Crippen molar-refractivity contribution in [3.05, 3.63) is 76.5 Å². The van der Waals surface area contributed by atoms with Gasteiger partial charge < -0.3 is 19.3 Å². The van der Waals surface area contributed by atoms with Crippen LogP contribution < -0.4 is 9.64 Å². The molecule has 208 valence electrons. The van der Waals surface area contributed by atoms with Gasteiger partial charge in [-0.05, 0) is 42.3 Å². The van der Waals surface area contributed by atoms with Gasteiger partial charge in [-0.3, -0.25) is 4.79 Å². The highest BCUT2D eigenvalue weighted by Gasteiger charge is 2.37. The number of para-hydroxylation sites is 1. The van der Waals surface area contributed by atoms with Crippen LogP contribution in [0.15, 0.2) is 48.7 Å². The molecule has 1 amide bonds. The zero-order valence-corrected chi connectivity index (χ0v) is 20.9.